The summed E-state index contributed by atoms with van der Waals surface area (Å²) in [7, 11) is 3.78. The second kappa shape index (κ2) is 5.54. The number of hydrogen-bond donors (Lipinski definition) is 1. The van der Waals surface area contributed by atoms with E-state index in [9.17, 15) is 0 Å². The van der Waals surface area contributed by atoms with Crippen molar-refractivity contribution < 1.29 is 4.74 Å². The van der Waals surface area contributed by atoms with E-state index in [4.69, 9.17) is 17.0 Å². The van der Waals surface area contributed by atoms with Crippen LogP contribution in [-0.2, 0) is 6.54 Å². The molecule has 5 heteroatoms. The van der Waals surface area contributed by atoms with Crippen molar-refractivity contribution in [2.24, 2.45) is 0 Å². The highest BCUT2D eigenvalue weighted by atomic mass is 32.1. The average Bonchev–Trinajstić information content (AvgIpc) is 2.71. The Kier molecular flexibility index (Phi) is 4.04. The lowest BCUT2D eigenvalue weighted by atomic mass is 10.3. The van der Waals surface area contributed by atoms with Crippen LogP contribution >= 0.6 is 12.2 Å². The Morgan fingerprint density at radius 1 is 1.44 bits per heavy atom. The van der Waals surface area contributed by atoms with Gasteiger partial charge in [0.05, 0.1) is 12.6 Å². The highest BCUT2D eigenvalue weighted by Crippen LogP contribution is 2.24. The van der Waals surface area contributed by atoms with E-state index in [1.807, 2.05) is 12.1 Å². The van der Waals surface area contributed by atoms with Crippen LogP contribution in [0.15, 0.2) is 18.2 Å². The molecule has 0 radical (unpaired) electrons. The molecule has 0 aliphatic heterocycles. The molecule has 1 N–H and O–H groups in total. The number of fused-ring (bicyclic) bond motifs is 1. The second-order valence-electron chi connectivity index (χ2n) is 4.33. The lowest BCUT2D eigenvalue weighted by molar-refractivity contribution is 0.336. The van der Waals surface area contributed by atoms with Crippen molar-refractivity contribution in [3.63, 3.8) is 0 Å². The number of H-pyrrole nitrogens is 1. The van der Waals surface area contributed by atoms with E-state index < -0.39 is 0 Å². The molecule has 0 amide bonds. The van der Waals surface area contributed by atoms with Gasteiger partial charge < -0.3 is 19.2 Å². The fraction of sp³-hybridized carbons (Fsp3) is 0.462. The van der Waals surface area contributed by atoms with Crippen LogP contribution in [-0.4, -0.2) is 41.7 Å². The van der Waals surface area contributed by atoms with Crippen molar-refractivity contribution >= 4 is 23.3 Å². The summed E-state index contributed by atoms with van der Waals surface area (Å²) in [5, 5.41) is 0. The number of methoxy groups -OCH3 is 1. The van der Waals surface area contributed by atoms with Crippen LogP contribution in [0.3, 0.4) is 0 Å². The SMILES string of the molecule is CCN(C)CCn1c(=S)[nH]c2c(OC)cccc21. The van der Waals surface area contributed by atoms with Gasteiger partial charge in [-0.1, -0.05) is 13.0 Å². The largest absolute Gasteiger partial charge is 0.494 e. The first-order chi connectivity index (χ1) is 8.67. The van der Waals surface area contributed by atoms with Gasteiger partial charge in [0.15, 0.2) is 4.77 Å². The molecule has 0 saturated carbocycles. The smallest absolute Gasteiger partial charge is 0.178 e. The molecule has 4 nitrogen and oxygen atoms in total. The van der Waals surface area contributed by atoms with Crippen LogP contribution in [0.25, 0.3) is 11.0 Å². The van der Waals surface area contributed by atoms with Crippen LogP contribution in [0.2, 0.25) is 0 Å². The maximum absolute atomic E-state index is 5.38. The first-order valence-corrected chi connectivity index (χ1v) is 6.52. The minimum absolute atomic E-state index is 0.749. The zero-order valence-corrected chi connectivity index (χ0v) is 11.9. The molecule has 0 aliphatic carbocycles. The van der Waals surface area contributed by atoms with Gasteiger partial charge in [-0.2, -0.15) is 0 Å². The third-order valence-corrected chi connectivity index (χ3v) is 3.56. The van der Waals surface area contributed by atoms with Gasteiger partial charge in [0.2, 0.25) is 0 Å². The number of nitrogens with zero attached hydrogens (tertiary/aromatic N) is 2. The molecule has 18 heavy (non-hydrogen) atoms. The fourth-order valence-electron chi connectivity index (χ4n) is 1.97. The molecule has 0 spiro atoms. The maximum Gasteiger partial charge on any atom is 0.178 e. The summed E-state index contributed by atoms with van der Waals surface area (Å²) in [6, 6.07) is 6.00. The van der Waals surface area contributed by atoms with E-state index in [0.717, 1.165) is 41.2 Å². The van der Waals surface area contributed by atoms with Crippen molar-refractivity contribution in [3.05, 3.63) is 23.0 Å². The topological polar surface area (TPSA) is 33.2 Å². The highest BCUT2D eigenvalue weighted by molar-refractivity contribution is 7.71. The van der Waals surface area contributed by atoms with Gasteiger partial charge in [-0.15, -0.1) is 0 Å². The zero-order chi connectivity index (χ0) is 13.1. The first kappa shape index (κ1) is 13.1. The molecule has 1 heterocycles. The van der Waals surface area contributed by atoms with Crippen molar-refractivity contribution in [3.8, 4) is 5.75 Å². The molecular weight excluding hydrogens is 246 g/mol. The molecule has 0 unspecified atom stereocenters. The van der Waals surface area contributed by atoms with Crippen LogP contribution in [0.4, 0.5) is 0 Å². The van der Waals surface area contributed by atoms with Crippen molar-refractivity contribution in [2.45, 2.75) is 13.5 Å². The number of nitrogens with one attached hydrogen (secondary N) is 1. The van der Waals surface area contributed by atoms with E-state index in [1.165, 1.54) is 0 Å². The highest BCUT2D eigenvalue weighted by Gasteiger charge is 2.08. The standard InChI is InChI=1S/C13H19N3OS/c1-4-15(2)8-9-16-10-6-5-7-11(17-3)12(10)14-13(16)18/h5-7H,4,8-9H2,1-3H3,(H,14,18). The molecule has 0 bridgehead atoms. The van der Waals surface area contributed by atoms with E-state index in [1.54, 1.807) is 7.11 Å². The Morgan fingerprint density at radius 2 is 2.22 bits per heavy atom. The van der Waals surface area contributed by atoms with E-state index in [0.29, 0.717) is 0 Å². The summed E-state index contributed by atoms with van der Waals surface area (Å²) in [6.07, 6.45) is 0. The lowest BCUT2D eigenvalue weighted by Crippen LogP contribution is -2.22. The van der Waals surface area contributed by atoms with Crippen molar-refractivity contribution in [1.82, 2.24) is 14.5 Å². The van der Waals surface area contributed by atoms with Gasteiger partial charge >= 0.3 is 0 Å². The summed E-state index contributed by atoms with van der Waals surface area (Å²) in [6.45, 7) is 5.06. The van der Waals surface area contributed by atoms with Gasteiger partial charge in [-0.05, 0) is 37.9 Å². The van der Waals surface area contributed by atoms with Gasteiger partial charge in [0, 0.05) is 13.1 Å². The number of imidazole rings is 1. The molecule has 98 valence electrons. The predicted octanol–water partition coefficient (Wildman–Crippen LogP) is 2.66. The lowest BCUT2D eigenvalue weighted by Gasteiger charge is -2.14. The number of ether oxygens (including phenoxy) is 1. The van der Waals surface area contributed by atoms with Crippen LogP contribution < -0.4 is 4.74 Å². The Labute approximate surface area is 112 Å². The summed E-state index contributed by atoms with van der Waals surface area (Å²) in [4.78, 5) is 5.49. The van der Waals surface area contributed by atoms with Gasteiger partial charge in [0.25, 0.3) is 0 Å². The molecule has 0 atom stereocenters. The molecule has 0 fully saturated rings. The number of para-hydroxylation sites is 1. The van der Waals surface area contributed by atoms with Crippen molar-refractivity contribution in [2.75, 3.05) is 27.2 Å². The van der Waals surface area contributed by atoms with Crippen LogP contribution in [0, 0.1) is 4.77 Å². The van der Waals surface area contributed by atoms with Crippen LogP contribution in [0.1, 0.15) is 6.92 Å². The quantitative estimate of drug-likeness (QED) is 0.844. The second-order valence-corrected chi connectivity index (χ2v) is 4.72. The van der Waals surface area contributed by atoms with Gasteiger partial charge in [-0.3, -0.25) is 0 Å². The normalized spacial score (nSPS) is 11.3. The minimum Gasteiger partial charge on any atom is -0.494 e. The molecule has 2 aromatic rings. The van der Waals surface area contributed by atoms with Gasteiger partial charge in [-0.25, -0.2) is 0 Å². The molecule has 1 aromatic heterocycles. The molecule has 0 saturated heterocycles. The van der Waals surface area contributed by atoms with Crippen LogP contribution in [0.5, 0.6) is 5.75 Å². The first-order valence-electron chi connectivity index (χ1n) is 6.11. The number of aromatic amines is 1. The summed E-state index contributed by atoms with van der Waals surface area (Å²) >= 11 is 5.38. The minimum atomic E-state index is 0.749. The molecule has 0 aliphatic rings. The number of hydrogen-bond acceptors (Lipinski definition) is 3. The Balaban J connectivity index is 2.39. The maximum atomic E-state index is 5.38. The Morgan fingerprint density at radius 3 is 2.89 bits per heavy atom. The number of likely N-dealkylation sites (N-methyl/N-ethyl adjacent to an activating group) is 1. The van der Waals surface area contributed by atoms with E-state index >= 15 is 0 Å². The molecule has 2 rings (SSSR count). The molecule has 1 aromatic carbocycles. The Bertz CT molecular complexity index is 587. The summed E-state index contributed by atoms with van der Waals surface area (Å²) < 4.78 is 8.21. The fourth-order valence-corrected chi connectivity index (χ4v) is 2.27. The third-order valence-electron chi connectivity index (χ3n) is 3.24. The predicted molar refractivity (Wildman–Crippen MR) is 76.8 cm³/mol. The Hall–Kier alpha value is -1.33. The number of benzene rings is 1. The van der Waals surface area contributed by atoms with Crippen molar-refractivity contribution in [1.29, 1.82) is 0 Å². The van der Waals surface area contributed by atoms with E-state index in [2.05, 4.69) is 34.5 Å². The third kappa shape index (κ3) is 2.42. The zero-order valence-electron chi connectivity index (χ0n) is 11.1. The number of aromatic nitrogens is 2. The average molecular weight is 265 g/mol. The van der Waals surface area contributed by atoms with Gasteiger partial charge in [0.1, 0.15) is 11.3 Å². The monoisotopic (exact) mass is 265 g/mol. The molecular formula is C13H19N3OS. The number of rotatable bonds is 5. The summed E-state index contributed by atoms with van der Waals surface area (Å²) in [5.74, 6) is 0.834. The van der Waals surface area contributed by atoms with E-state index in [-0.39, 0.29) is 0 Å². The summed E-state index contributed by atoms with van der Waals surface area (Å²) in [5.41, 5.74) is 2.08.